The molecule has 17 heavy (non-hydrogen) atoms. The van der Waals surface area contributed by atoms with Gasteiger partial charge < -0.3 is 5.32 Å². The van der Waals surface area contributed by atoms with Crippen molar-refractivity contribution in [1.29, 1.82) is 0 Å². The van der Waals surface area contributed by atoms with Crippen molar-refractivity contribution in [2.75, 3.05) is 6.54 Å². The fourth-order valence-electron chi connectivity index (χ4n) is 2.42. The molecule has 1 N–H and O–H groups in total. The third kappa shape index (κ3) is 3.70. The SMILES string of the molecule is CCNC(CC1CCC1)c1cc(Cl)cc(Br)c1. The summed E-state index contributed by atoms with van der Waals surface area (Å²) in [5, 5.41) is 4.38. The van der Waals surface area contributed by atoms with Gasteiger partial charge in [-0.3, -0.25) is 0 Å². The lowest BCUT2D eigenvalue weighted by Gasteiger charge is -2.30. The van der Waals surface area contributed by atoms with Crippen LogP contribution in [0.2, 0.25) is 5.02 Å². The molecule has 0 bridgehead atoms. The van der Waals surface area contributed by atoms with E-state index in [0.717, 1.165) is 22.0 Å². The number of benzene rings is 1. The lowest BCUT2D eigenvalue weighted by Crippen LogP contribution is -2.25. The smallest absolute Gasteiger partial charge is 0.0420 e. The second kappa shape index (κ2) is 6.21. The Morgan fingerprint density at radius 3 is 2.71 bits per heavy atom. The van der Waals surface area contributed by atoms with Crippen molar-refractivity contribution in [3.63, 3.8) is 0 Å². The zero-order valence-corrected chi connectivity index (χ0v) is 12.5. The Morgan fingerprint density at radius 1 is 1.41 bits per heavy atom. The molecule has 94 valence electrons. The molecule has 1 saturated carbocycles. The molecule has 1 atom stereocenters. The molecule has 1 unspecified atom stereocenters. The summed E-state index contributed by atoms with van der Waals surface area (Å²) in [7, 11) is 0. The highest BCUT2D eigenvalue weighted by atomic mass is 79.9. The van der Waals surface area contributed by atoms with Crippen molar-refractivity contribution in [2.24, 2.45) is 5.92 Å². The highest BCUT2D eigenvalue weighted by Gasteiger charge is 2.22. The number of halogens is 2. The van der Waals surface area contributed by atoms with Crippen molar-refractivity contribution < 1.29 is 0 Å². The fraction of sp³-hybridized carbons (Fsp3) is 0.571. The normalized spacial score (nSPS) is 17.8. The molecule has 0 saturated heterocycles. The highest BCUT2D eigenvalue weighted by Crippen LogP contribution is 2.35. The molecule has 0 radical (unpaired) electrons. The van der Waals surface area contributed by atoms with Crippen LogP contribution in [-0.4, -0.2) is 6.54 Å². The summed E-state index contributed by atoms with van der Waals surface area (Å²) in [4.78, 5) is 0. The van der Waals surface area contributed by atoms with Crippen LogP contribution in [0.3, 0.4) is 0 Å². The van der Waals surface area contributed by atoms with Gasteiger partial charge in [-0.2, -0.15) is 0 Å². The van der Waals surface area contributed by atoms with Crippen molar-refractivity contribution in [2.45, 2.75) is 38.6 Å². The molecule has 0 heterocycles. The fourth-order valence-corrected chi connectivity index (χ4v) is 3.31. The number of nitrogens with one attached hydrogen (secondary N) is 1. The Balaban J connectivity index is 2.12. The minimum absolute atomic E-state index is 0.445. The van der Waals surface area contributed by atoms with Gasteiger partial charge in [0, 0.05) is 15.5 Å². The summed E-state index contributed by atoms with van der Waals surface area (Å²) in [5.74, 6) is 0.900. The second-order valence-electron chi connectivity index (χ2n) is 4.85. The maximum absolute atomic E-state index is 6.12. The Kier molecular flexibility index (Phi) is 4.89. The van der Waals surface area contributed by atoms with Gasteiger partial charge in [0.15, 0.2) is 0 Å². The Morgan fingerprint density at radius 2 is 2.18 bits per heavy atom. The van der Waals surface area contributed by atoms with E-state index in [4.69, 9.17) is 11.6 Å². The molecule has 0 spiro atoms. The van der Waals surface area contributed by atoms with Crippen LogP contribution >= 0.6 is 27.5 Å². The average Bonchev–Trinajstić information content (AvgIpc) is 2.20. The van der Waals surface area contributed by atoms with Gasteiger partial charge in [-0.05, 0) is 42.6 Å². The van der Waals surface area contributed by atoms with Gasteiger partial charge >= 0.3 is 0 Å². The van der Waals surface area contributed by atoms with Crippen molar-refractivity contribution in [3.05, 3.63) is 33.3 Å². The maximum Gasteiger partial charge on any atom is 0.0420 e. The summed E-state index contributed by atoms with van der Waals surface area (Å²) >= 11 is 9.64. The van der Waals surface area contributed by atoms with Crippen LogP contribution in [0, 0.1) is 5.92 Å². The summed E-state index contributed by atoms with van der Waals surface area (Å²) < 4.78 is 1.07. The highest BCUT2D eigenvalue weighted by molar-refractivity contribution is 9.10. The summed E-state index contributed by atoms with van der Waals surface area (Å²) in [6.07, 6.45) is 5.43. The first kappa shape index (κ1) is 13.4. The van der Waals surface area contributed by atoms with Gasteiger partial charge in [0.25, 0.3) is 0 Å². The number of hydrogen-bond acceptors (Lipinski definition) is 1. The Labute approximate surface area is 117 Å². The molecule has 0 aliphatic heterocycles. The first-order valence-electron chi connectivity index (χ1n) is 6.38. The van der Waals surface area contributed by atoms with Crippen LogP contribution in [-0.2, 0) is 0 Å². The van der Waals surface area contributed by atoms with Gasteiger partial charge in [0.1, 0.15) is 0 Å². The quantitative estimate of drug-likeness (QED) is 0.811. The zero-order chi connectivity index (χ0) is 12.3. The first-order valence-corrected chi connectivity index (χ1v) is 7.55. The number of hydrogen-bond donors (Lipinski definition) is 1. The van der Waals surface area contributed by atoms with E-state index in [1.807, 2.05) is 6.07 Å². The van der Waals surface area contributed by atoms with E-state index in [9.17, 15) is 0 Å². The standard InChI is InChI=1S/C14H19BrClN/c1-2-17-14(6-10-4-3-5-10)11-7-12(15)9-13(16)8-11/h7-10,14,17H,2-6H2,1H3. The van der Waals surface area contributed by atoms with Gasteiger partial charge in [-0.15, -0.1) is 0 Å². The number of rotatable bonds is 5. The van der Waals surface area contributed by atoms with Crippen LogP contribution in [0.5, 0.6) is 0 Å². The molecule has 1 aliphatic carbocycles. The molecular weight excluding hydrogens is 298 g/mol. The van der Waals surface area contributed by atoms with Crippen LogP contribution in [0.1, 0.15) is 44.2 Å². The van der Waals surface area contributed by atoms with E-state index in [2.05, 4.69) is 40.3 Å². The first-order chi connectivity index (χ1) is 8.19. The molecule has 2 rings (SSSR count). The lowest BCUT2D eigenvalue weighted by molar-refractivity contribution is 0.262. The van der Waals surface area contributed by atoms with E-state index in [1.54, 1.807) is 0 Å². The average molecular weight is 317 g/mol. The van der Waals surface area contributed by atoms with Crippen LogP contribution in [0.4, 0.5) is 0 Å². The molecule has 3 heteroatoms. The topological polar surface area (TPSA) is 12.0 Å². The molecule has 1 nitrogen and oxygen atoms in total. The summed E-state index contributed by atoms with van der Waals surface area (Å²) in [6.45, 7) is 3.16. The molecule has 1 aromatic rings. The summed E-state index contributed by atoms with van der Waals surface area (Å²) in [5.41, 5.74) is 1.30. The van der Waals surface area contributed by atoms with Crippen molar-refractivity contribution in [1.82, 2.24) is 5.32 Å². The Hall–Kier alpha value is -0.0500. The van der Waals surface area contributed by atoms with Crippen molar-refractivity contribution in [3.8, 4) is 0 Å². The molecular formula is C14H19BrClN. The monoisotopic (exact) mass is 315 g/mol. The third-order valence-electron chi connectivity index (χ3n) is 3.53. The van der Waals surface area contributed by atoms with E-state index in [1.165, 1.54) is 31.2 Å². The van der Waals surface area contributed by atoms with Crippen LogP contribution in [0.25, 0.3) is 0 Å². The van der Waals surface area contributed by atoms with E-state index in [-0.39, 0.29) is 0 Å². The van der Waals surface area contributed by atoms with Gasteiger partial charge in [0.2, 0.25) is 0 Å². The minimum atomic E-state index is 0.445. The van der Waals surface area contributed by atoms with E-state index < -0.39 is 0 Å². The third-order valence-corrected chi connectivity index (χ3v) is 4.21. The summed E-state index contributed by atoms with van der Waals surface area (Å²) in [6, 6.07) is 6.65. The predicted molar refractivity (Wildman–Crippen MR) is 77.5 cm³/mol. The predicted octanol–water partition coefficient (Wildman–Crippen LogP) is 4.94. The molecule has 0 amide bonds. The van der Waals surface area contributed by atoms with Gasteiger partial charge in [-0.25, -0.2) is 0 Å². The Bertz CT molecular complexity index is 356. The van der Waals surface area contributed by atoms with E-state index >= 15 is 0 Å². The lowest BCUT2D eigenvalue weighted by atomic mass is 9.79. The van der Waals surface area contributed by atoms with Crippen molar-refractivity contribution >= 4 is 27.5 Å². The van der Waals surface area contributed by atoms with Gasteiger partial charge in [0.05, 0.1) is 0 Å². The largest absolute Gasteiger partial charge is 0.310 e. The van der Waals surface area contributed by atoms with Gasteiger partial charge in [-0.1, -0.05) is 53.7 Å². The second-order valence-corrected chi connectivity index (χ2v) is 6.20. The maximum atomic E-state index is 6.12. The molecule has 1 aromatic carbocycles. The molecule has 1 fully saturated rings. The van der Waals surface area contributed by atoms with Crippen LogP contribution < -0.4 is 5.32 Å². The van der Waals surface area contributed by atoms with E-state index in [0.29, 0.717) is 6.04 Å². The zero-order valence-electron chi connectivity index (χ0n) is 10.2. The minimum Gasteiger partial charge on any atom is -0.310 e. The molecule has 0 aromatic heterocycles. The molecule has 1 aliphatic rings. The van der Waals surface area contributed by atoms with Crippen LogP contribution in [0.15, 0.2) is 22.7 Å².